The second kappa shape index (κ2) is 4.70. The van der Waals surface area contributed by atoms with Gasteiger partial charge < -0.3 is 5.32 Å². The van der Waals surface area contributed by atoms with Crippen LogP contribution in [0.25, 0.3) is 0 Å². The maximum absolute atomic E-state index is 12.9. The molecule has 1 unspecified atom stereocenters. The Morgan fingerprint density at radius 2 is 2.19 bits per heavy atom. The number of ketones is 1. The molecule has 1 N–H and O–H groups in total. The number of nitrogens with one attached hydrogen (secondary N) is 1. The molecule has 1 aliphatic rings. The molecular weight excluding hydrogens is 212 g/mol. The van der Waals surface area contributed by atoms with E-state index in [1.54, 1.807) is 0 Å². The van der Waals surface area contributed by atoms with Crippen LogP contribution in [0.1, 0.15) is 29.6 Å². The van der Waals surface area contributed by atoms with Gasteiger partial charge in [-0.05, 0) is 37.6 Å². The summed E-state index contributed by atoms with van der Waals surface area (Å²) in [6.45, 7) is 0.926. The van der Waals surface area contributed by atoms with E-state index in [1.807, 2.05) is 0 Å². The molecule has 86 valence electrons. The summed E-state index contributed by atoms with van der Waals surface area (Å²) in [5.74, 6) is -2.03. The molecule has 1 aromatic carbocycles. The summed E-state index contributed by atoms with van der Waals surface area (Å²) in [7, 11) is 0. The zero-order chi connectivity index (χ0) is 11.5. The van der Waals surface area contributed by atoms with Crippen molar-refractivity contribution in [2.75, 3.05) is 6.54 Å². The van der Waals surface area contributed by atoms with Crippen LogP contribution in [0.15, 0.2) is 18.2 Å². The minimum Gasteiger partial charge on any atom is -0.314 e. The number of carbonyl (C=O) groups is 1. The number of halogens is 2. The van der Waals surface area contributed by atoms with Gasteiger partial charge in [-0.2, -0.15) is 0 Å². The van der Waals surface area contributed by atoms with E-state index in [0.29, 0.717) is 6.42 Å². The quantitative estimate of drug-likeness (QED) is 0.800. The molecule has 1 aliphatic heterocycles. The van der Waals surface area contributed by atoms with Gasteiger partial charge in [-0.1, -0.05) is 0 Å². The average Bonchev–Trinajstić information content (AvgIpc) is 2.74. The summed E-state index contributed by atoms with van der Waals surface area (Å²) < 4.78 is 25.6. The topological polar surface area (TPSA) is 29.1 Å². The Labute approximate surface area is 92.7 Å². The van der Waals surface area contributed by atoms with Gasteiger partial charge in [-0.3, -0.25) is 4.79 Å². The molecule has 0 spiro atoms. The van der Waals surface area contributed by atoms with E-state index in [1.165, 1.54) is 6.07 Å². The summed E-state index contributed by atoms with van der Waals surface area (Å²) in [5, 5.41) is 3.19. The van der Waals surface area contributed by atoms with E-state index in [2.05, 4.69) is 5.32 Å². The van der Waals surface area contributed by atoms with Crippen LogP contribution >= 0.6 is 0 Å². The Morgan fingerprint density at radius 3 is 2.81 bits per heavy atom. The predicted octanol–water partition coefficient (Wildman–Crippen LogP) is 2.29. The molecule has 16 heavy (non-hydrogen) atoms. The lowest BCUT2D eigenvalue weighted by Crippen LogP contribution is -2.24. The Bertz CT molecular complexity index is 400. The molecule has 0 aliphatic carbocycles. The lowest BCUT2D eigenvalue weighted by Gasteiger charge is -2.08. The molecule has 2 rings (SSSR count). The third-order valence-corrected chi connectivity index (χ3v) is 2.84. The van der Waals surface area contributed by atoms with E-state index < -0.39 is 11.6 Å². The van der Waals surface area contributed by atoms with E-state index in [-0.39, 0.29) is 17.4 Å². The maximum atomic E-state index is 12.9. The van der Waals surface area contributed by atoms with E-state index in [4.69, 9.17) is 0 Å². The first-order chi connectivity index (χ1) is 7.66. The molecule has 0 amide bonds. The lowest BCUT2D eigenvalue weighted by atomic mass is 10.0. The smallest absolute Gasteiger partial charge is 0.164 e. The largest absolute Gasteiger partial charge is 0.314 e. The second-order valence-corrected chi connectivity index (χ2v) is 4.05. The highest BCUT2D eigenvalue weighted by molar-refractivity contribution is 5.96. The summed E-state index contributed by atoms with van der Waals surface area (Å²) in [6.07, 6.45) is 2.39. The highest BCUT2D eigenvalue weighted by Gasteiger charge is 2.19. The Hall–Kier alpha value is -1.29. The van der Waals surface area contributed by atoms with E-state index in [0.717, 1.165) is 31.5 Å². The third-order valence-electron chi connectivity index (χ3n) is 2.84. The molecule has 4 heteroatoms. The minimum absolute atomic E-state index is 0.140. The van der Waals surface area contributed by atoms with E-state index >= 15 is 0 Å². The van der Waals surface area contributed by atoms with Gasteiger partial charge in [0.2, 0.25) is 0 Å². The number of carbonyl (C=O) groups excluding carboxylic acids is 1. The third kappa shape index (κ3) is 2.44. The van der Waals surface area contributed by atoms with Gasteiger partial charge in [-0.25, -0.2) is 8.78 Å². The van der Waals surface area contributed by atoms with Crippen molar-refractivity contribution in [1.82, 2.24) is 5.32 Å². The molecule has 2 nitrogen and oxygen atoms in total. The van der Waals surface area contributed by atoms with Gasteiger partial charge in [0, 0.05) is 18.0 Å². The first-order valence-electron chi connectivity index (χ1n) is 5.38. The molecular formula is C12H13F2NO. The van der Waals surface area contributed by atoms with Crippen LogP contribution in [0.5, 0.6) is 0 Å². The number of hydrogen-bond acceptors (Lipinski definition) is 2. The maximum Gasteiger partial charge on any atom is 0.164 e. The van der Waals surface area contributed by atoms with Crippen molar-refractivity contribution in [3.8, 4) is 0 Å². The lowest BCUT2D eigenvalue weighted by molar-refractivity contribution is 0.0971. The Morgan fingerprint density at radius 1 is 1.38 bits per heavy atom. The van der Waals surface area contributed by atoms with Crippen molar-refractivity contribution in [3.63, 3.8) is 0 Å². The highest BCUT2D eigenvalue weighted by Crippen LogP contribution is 2.15. The molecule has 0 saturated carbocycles. The summed E-state index contributed by atoms with van der Waals surface area (Å²) in [6, 6.07) is 3.47. The van der Waals surface area contributed by atoms with Crippen molar-refractivity contribution in [2.45, 2.75) is 25.3 Å². The van der Waals surface area contributed by atoms with Crippen LogP contribution in [0, 0.1) is 11.6 Å². The van der Waals surface area contributed by atoms with Crippen molar-refractivity contribution >= 4 is 5.78 Å². The minimum atomic E-state index is -0.967. The molecule has 0 radical (unpaired) electrons. The fourth-order valence-corrected chi connectivity index (χ4v) is 1.94. The normalized spacial score (nSPS) is 20.0. The Balaban J connectivity index is 2.05. The molecule has 1 heterocycles. The fourth-order valence-electron chi connectivity index (χ4n) is 1.94. The number of Topliss-reactive ketones (excluding diaryl/α,β-unsaturated/α-hetero) is 1. The van der Waals surface area contributed by atoms with Crippen molar-refractivity contribution < 1.29 is 13.6 Å². The SMILES string of the molecule is O=C(CC1CCCN1)c1ccc(F)c(F)c1. The molecule has 0 bridgehead atoms. The fraction of sp³-hybridized carbons (Fsp3) is 0.417. The van der Waals surface area contributed by atoms with Crippen molar-refractivity contribution in [2.24, 2.45) is 0 Å². The van der Waals surface area contributed by atoms with Crippen LogP contribution in [-0.2, 0) is 0 Å². The van der Waals surface area contributed by atoms with Gasteiger partial charge in [0.25, 0.3) is 0 Å². The van der Waals surface area contributed by atoms with Gasteiger partial charge in [0.15, 0.2) is 17.4 Å². The van der Waals surface area contributed by atoms with Crippen LogP contribution in [-0.4, -0.2) is 18.4 Å². The number of benzene rings is 1. The predicted molar refractivity (Wildman–Crippen MR) is 56.3 cm³/mol. The van der Waals surface area contributed by atoms with E-state index in [9.17, 15) is 13.6 Å². The summed E-state index contributed by atoms with van der Waals surface area (Å²) in [5.41, 5.74) is 0.243. The Kier molecular flexibility index (Phi) is 3.29. The van der Waals surface area contributed by atoms with Gasteiger partial charge in [0.1, 0.15) is 0 Å². The first-order valence-corrected chi connectivity index (χ1v) is 5.38. The average molecular weight is 225 g/mol. The summed E-state index contributed by atoms with van der Waals surface area (Å²) in [4.78, 5) is 11.7. The first kappa shape index (κ1) is 11.2. The molecule has 1 saturated heterocycles. The van der Waals surface area contributed by atoms with Crippen molar-refractivity contribution in [3.05, 3.63) is 35.4 Å². The van der Waals surface area contributed by atoms with Crippen molar-refractivity contribution in [1.29, 1.82) is 0 Å². The highest BCUT2D eigenvalue weighted by atomic mass is 19.2. The molecule has 1 fully saturated rings. The molecule has 1 atom stereocenters. The standard InChI is InChI=1S/C12H13F2NO/c13-10-4-3-8(6-11(10)14)12(16)7-9-2-1-5-15-9/h3-4,6,9,15H,1-2,5,7H2. The van der Waals surface area contributed by atoms with Crippen LogP contribution in [0.3, 0.4) is 0 Å². The molecule has 1 aromatic rings. The summed E-state index contributed by atoms with van der Waals surface area (Å²) >= 11 is 0. The van der Waals surface area contributed by atoms with Crippen LogP contribution in [0.4, 0.5) is 8.78 Å². The van der Waals surface area contributed by atoms with Gasteiger partial charge >= 0.3 is 0 Å². The van der Waals surface area contributed by atoms with Gasteiger partial charge in [-0.15, -0.1) is 0 Å². The number of hydrogen-bond donors (Lipinski definition) is 1. The van der Waals surface area contributed by atoms with Gasteiger partial charge in [0.05, 0.1) is 0 Å². The van der Waals surface area contributed by atoms with Crippen LogP contribution in [0.2, 0.25) is 0 Å². The number of rotatable bonds is 3. The molecule has 0 aromatic heterocycles. The zero-order valence-electron chi connectivity index (χ0n) is 8.80. The monoisotopic (exact) mass is 225 g/mol. The second-order valence-electron chi connectivity index (χ2n) is 4.05. The van der Waals surface area contributed by atoms with Crippen LogP contribution < -0.4 is 5.32 Å². The zero-order valence-corrected chi connectivity index (χ0v) is 8.80.